The molecule has 1 aromatic rings. The van der Waals surface area contributed by atoms with E-state index in [9.17, 15) is 9.59 Å². The summed E-state index contributed by atoms with van der Waals surface area (Å²) in [6, 6.07) is 2.77. The van der Waals surface area contributed by atoms with E-state index in [2.05, 4.69) is 6.92 Å². The van der Waals surface area contributed by atoms with Crippen LogP contribution >= 0.6 is 0 Å². The van der Waals surface area contributed by atoms with Crippen LogP contribution in [0, 0.1) is 0 Å². The highest BCUT2D eigenvalue weighted by molar-refractivity contribution is 5.95. The quantitative estimate of drug-likeness (QED) is 0.387. The molecule has 0 aliphatic rings. The molecule has 1 N–H and O–H groups in total. The summed E-state index contributed by atoms with van der Waals surface area (Å²) in [5, 5.41) is 8.74. The molecule has 0 saturated carbocycles. The lowest BCUT2D eigenvalue weighted by Gasteiger charge is -2.02. The second-order valence-electron chi connectivity index (χ2n) is 5.82. The zero-order chi connectivity index (χ0) is 16.2. The Morgan fingerprint density at radius 3 is 1.86 bits per heavy atom. The van der Waals surface area contributed by atoms with Gasteiger partial charge >= 0.3 is 5.97 Å². The first kappa shape index (κ1) is 18.5. The maximum Gasteiger partial charge on any atom is 0.371 e. The zero-order valence-corrected chi connectivity index (χ0v) is 13.6. The molecule has 0 bridgehead atoms. The smallest absolute Gasteiger partial charge is 0.371 e. The van der Waals surface area contributed by atoms with Gasteiger partial charge in [-0.1, -0.05) is 64.7 Å². The van der Waals surface area contributed by atoms with Gasteiger partial charge < -0.3 is 9.52 Å². The summed E-state index contributed by atoms with van der Waals surface area (Å²) in [6.07, 6.45) is 12.7. The number of carboxylic acids is 1. The molecule has 124 valence electrons. The summed E-state index contributed by atoms with van der Waals surface area (Å²) in [6.45, 7) is 2.23. The standard InChI is InChI=1S/C18H28O4/c1-2-3-4-5-6-7-8-9-10-11-12-15(19)16-13-14-17(22-16)18(20)21/h13-14H,2-12H2,1H3,(H,20,21). The highest BCUT2D eigenvalue weighted by Gasteiger charge is 2.14. The fourth-order valence-electron chi connectivity index (χ4n) is 2.50. The molecule has 0 aliphatic carbocycles. The SMILES string of the molecule is CCCCCCCCCCCCC(=O)c1ccc(C(=O)O)o1. The van der Waals surface area contributed by atoms with Crippen molar-refractivity contribution in [3.05, 3.63) is 23.7 Å². The number of hydrogen-bond donors (Lipinski definition) is 1. The van der Waals surface area contributed by atoms with E-state index in [1.165, 1.54) is 63.5 Å². The molecule has 1 rings (SSSR count). The summed E-state index contributed by atoms with van der Waals surface area (Å²) in [5.74, 6) is -1.26. The Labute approximate surface area is 132 Å². The highest BCUT2D eigenvalue weighted by Crippen LogP contribution is 2.14. The van der Waals surface area contributed by atoms with Crippen LogP contribution in [0.4, 0.5) is 0 Å². The van der Waals surface area contributed by atoms with Crippen LogP contribution in [-0.4, -0.2) is 16.9 Å². The number of furan rings is 1. The molecule has 4 heteroatoms. The predicted octanol–water partition coefficient (Wildman–Crippen LogP) is 5.47. The van der Waals surface area contributed by atoms with Gasteiger partial charge in [0, 0.05) is 6.42 Å². The molecule has 0 aliphatic heterocycles. The maximum absolute atomic E-state index is 11.8. The minimum Gasteiger partial charge on any atom is -0.475 e. The lowest BCUT2D eigenvalue weighted by molar-refractivity contribution is 0.0660. The summed E-state index contributed by atoms with van der Waals surface area (Å²) >= 11 is 0. The average Bonchev–Trinajstić information content (AvgIpc) is 2.99. The lowest BCUT2D eigenvalue weighted by Crippen LogP contribution is -1.98. The van der Waals surface area contributed by atoms with Crippen molar-refractivity contribution in [2.24, 2.45) is 0 Å². The van der Waals surface area contributed by atoms with Crippen LogP contribution in [-0.2, 0) is 0 Å². The third kappa shape index (κ3) is 7.43. The van der Waals surface area contributed by atoms with Gasteiger partial charge in [-0.05, 0) is 18.6 Å². The largest absolute Gasteiger partial charge is 0.475 e. The molecule has 0 amide bonds. The van der Waals surface area contributed by atoms with Crippen LogP contribution < -0.4 is 0 Å². The van der Waals surface area contributed by atoms with Crippen molar-refractivity contribution in [2.45, 2.75) is 77.6 Å². The third-order valence-corrected chi connectivity index (χ3v) is 3.85. The second-order valence-corrected chi connectivity index (χ2v) is 5.82. The van der Waals surface area contributed by atoms with Crippen molar-refractivity contribution in [1.82, 2.24) is 0 Å². The van der Waals surface area contributed by atoms with E-state index in [1.807, 2.05) is 0 Å². The summed E-state index contributed by atoms with van der Waals surface area (Å²) in [4.78, 5) is 22.5. The van der Waals surface area contributed by atoms with E-state index in [1.54, 1.807) is 0 Å². The highest BCUT2D eigenvalue weighted by atomic mass is 16.4. The fourth-order valence-corrected chi connectivity index (χ4v) is 2.50. The van der Waals surface area contributed by atoms with Gasteiger partial charge in [-0.15, -0.1) is 0 Å². The molecule has 0 saturated heterocycles. The molecule has 1 heterocycles. The number of carbonyl (C=O) groups is 2. The van der Waals surface area contributed by atoms with E-state index in [0.717, 1.165) is 12.8 Å². The van der Waals surface area contributed by atoms with Gasteiger partial charge in [0.05, 0.1) is 0 Å². The average molecular weight is 308 g/mol. The van der Waals surface area contributed by atoms with E-state index < -0.39 is 5.97 Å². The van der Waals surface area contributed by atoms with Crippen molar-refractivity contribution < 1.29 is 19.1 Å². The molecular formula is C18H28O4. The van der Waals surface area contributed by atoms with Crippen LogP contribution in [0.1, 0.15) is 98.7 Å². The monoisotopic (exact) mass is 308 g/mol. The Hall–Kier alpha value is -1.58. The first-order valence-electron chi connectivity index (χ1n) is 8.51. The number of unbranched alkanes of at least 4 members (excludes halogenated alkanes) is 9. The number of hydrogen-bond acceptors (Lipinski definition) is 3. The molecule has 0 unspecified atom stereocenters. The minimum atomic E-state index is -1.14. The van der Waals surface area contributed by atoms with Gasteiger partial charge in [-0.25, -0.2) is 4.79 Å². The minimum absolute atomic E-state index is 0.105. The van der Waals surface area contributed by atoms with Crippen LogP contribution in [0.25, 0.3) is 0 Å². The molecule has 0 atom stereocenters. The summed E-state index contributed by atoms with van der Waals surface area (Å²) in [7, 11) is 0. The van der Waals surface area contributed by atoms with Gasteiger partial charge in [0.2, 0.25) is 5.76 Å². The first-order valence-corrected chi connectivity index (χ1v) is 8.51. The van der Waals surface area contributed by atoms with Crippen molar-refractivity contribution in [3.63, 3.8) is 0 Å². The number of carbonyl (C=O) groups excluding carboxylic acids is 1. The van der Waals surface area contributed by atoms with Crippen LogP contribution in [0.3, 0.4) is 0 Å². The van der Waals surface area contributed by atoms with E-state index >= 15 is 0 Å². The fraction of sp³-hybridized carbons (Fsp3) is 0.667. The number of aromatic carboxylic acids is 1. The topological polar surface area (TPSA) is 67.5 Å². The molecular weight excluding hydrogens is 280 g/mol. The van der Waals surface area contributed by atoms with E-state index in [4.69, 9.17) is 9.52 Å². The first-order chi connectivity index (χ1) is 10.6. The molecule has 4 nitrogen and oxygen atoms in total. The third-order valence-electron chi connectivity index (χ3n) is 3.85. The Morgan fingerprint density at radius 1 is 0.864 bits per heavy atom. The maximum atomic E-state index is 11.8. The van der Waals surface area contributed by atoms with Gasteiger partial charge in [0.25, 0.3) is 0 Å². The Balaban J connectivity index is 2.02. The number of Topliss-reactive ketones (excluding diaryl/α,β-unsaturated/α-hetero) is 1. The molecule has 0 spiro atoms. The van der Waals surface area contributed by atoms with E-state index in [-0.39, 0.29) is 17.3 Å². The van der Waals surface area contributed by atoms with Crippen molar-refractivity contribution >= 4 is 11.8 Å². The molecule has 0 fully saturated rings. The van der Waals surface area contributed by atoms with Crippen molar-refractivity contribution in [1.29, 1.82) is 0 Å². The number of ketones is 1. The van der Waals surface area contributed by atoms with Gasteiger partial charge in [-0.2, -0.15) is 0 Å². The predicted molar refractivity (Wildman–Crippen MR) is 86.5 cm³/mol. The lowest BCUT2D eigenvalue weighted by atomic mass is 10.0. The summed E-state index contributed by atoms with van der Waals surface area (Å²) < 4.78 is 5.00. The van der Waals surface area contributed by atoms with Crippen LogP contribution in [0.5, 0.6) is 0 Å². The Bertz CT molecular complexity index is 448. The van der Waals surface area contributed by atoms with Gasteiger partial charge in [0.15, 0.2) is 11.5 Å². The Morgan fingerprint density at radius 2 is 1.36 bits per heavy atom. The molecule has 0 radical (unpaired) electrons. The Kier molecular flexibility index (Phi) is 9.28. The molecule has 22 heavy (non-hydrogen) atoms. The normalized spacial score (nSPS) is 10.8. The van der Waals surface area contributed by atoms with Crippen molar-refractivity contribution in [2.75, 3.05) is 0 Å². The zero-order valence-electron chi connectivity index (χ0n) is 13.6. The second kappa shape index (κ2) is 11.0. The van der Waals surface area contributed by atoms with Gasteiger partial charge in [0.1, 0.15) is 0 Å². The molecule has 0 aromatic carbocycles. The van der Waals surface area contributed by atoms with E-state index in [0.29, 0.717) is 6.42 Å². The molecule has 1 aromatic heterocycles. The van der Waals surface area contributed by atoms with Crippen LogP contribution in [0.2, 0.25) is 0 Å². The summed E-state index contributed by atoms with van der Waals surface area (Å²) in [5.41, 5.74) is 0. The number of carboxylic acid groups (broad SMARTS) is 1. The van der Waals surface area contributed by atoms with Gasteiger partial charge in [-0.3, -0.25) is 4.79 Å². The van der Waals surface area contributed by atoms with Crippen LogP contribution in [0.15, 0.2) is 16.5 Å². The number of rotatable bonds is 13. The van der Waals surface area contributed by atoms with Crippen molar-refractivity contribution in [3.8, 4) is 0 Å².